The Morgan fingerprint density at radius 1 is 1.06 bits per heavy atom. The fourth-order valence-electron chi connectivity index (χ4n) is 2.45. The van der Waals surface area contributed by atoms with Gasteiger partial charge in [-0.1, -0.05) is 25.1 Å². The van der Waals surface area contributed by atoms with E-state index in [4.69, 9.17) is 0 Å². The zero-order valence-electron chi connectivity index (χ0n) is 9.80. The van der Waals surface area contributed by atoms with Crippen molar-refractivity contribution >= 4 is 22.6 Å². The van der Waals surface area contributed by atoms with Crippen molar-refractivity contribution in [3.05, 3.63) is 47.0 Å². The molecule has 0 atom stereocenters. The Bertz CT molecular complexity index is 668. The molecule has 1 heterocycles. The molecule has 0 unspecified atom stereocenters. The fraction of sp³-hybridized carbons (Fsp3) is 0.143. The van der Waals surface area contributed by atoms with E-state index in [2.05, 4.69) is 0 Å². The molecule has 2 aromatic carbocycles. The van der Waals surface area contributed by atoms with Crippen LogP contribution in [0.4, 0.5) is 0 Å². The molecule has 1 aliphatic rings. The molecular weight excluding hydrogens is 230 g/mol. The molecule has 0 bridgehead atoms. The molecule has 4 nitrogen and oxygen atoms in total. The summed E-state index contributed by atoms with van der Waals surface area (Å²) >= 11 is 0. The zero-order chi connectivity index (χ0) is 12.9. The van der Waals surface area contributed by atoms with Crippen LogP contribution in [0.25, 0.3) is 10.8 Å². The van der Waals surface area contributed by atoms with Crippen molar-refractivity contribution in [1.29, 1.82) is 0 Å². The van der Waals surface area contributed by atoms with Crippen molar-refractivity contribution in [3.8, 4) is 0 Å². The Labute approximate surface area is 103 Å². The third kappa shape index (κ3) is 1.23. The lowest BCUT2D eigenvalue weighted by Crippen LogP contribution is -2.37. The highest BCUT2D eigenvalue weighted by molar-refractivity contribution is 6.25. The number of hydrogen-bond acceptors (Lipinski definition) is 3. The number of aryl methyl sites for hydroxylation is 1. The molecule has 0 saturated carbocycles. The van der Waals surface area contributed by atoms with Crippen LogP contribution >= 0.6 is 0 Å². The van der Waals surface area contributed by atoms with Crippen LogP contribution in [-0.2, 0) is 6.42 Å². The third-order valence-corrected chi connectivity index (χ3v) is 3.36. The first-order chi connectivity index (χ1) is 8.65. The Morgan fingerprint density at radius 2 is 1.72 bits per heavy atom. The number of carbonyl (C=O) groups excluding carboxylic acids is 2. The van der Waals surface area contributed by atoms with Gasteiger partial charge in [-0.05, 0) is 29.5 Å². The van der Waals surface area contributed by atoms with E-state index in [9.17, 15) is 14.8 Å². The predicted octanol–water partition coefficient (Wildman–Crippen LogP) is 2.39. The van der Waals surface area contributed by atoms with Crippen LogP contribution < -0.4 is 0 Å². The van der Waals surface area contributed by atoms with Crippen LogP contribution in [0.5, 0.6) is 0 Å². The number of imide groups is 1. The van der Waals surface area contributed by atoms with Crippen LogP contribution in [-0.4, -0.2) is 22.1 Å². The van der Waals surface area contributed by atoms with E-state index >= 15 is 0 Å². The quantitative estimate of drug-likeness (QED) is 0.616. The topological polar surface area (TPSA) is 57.6 Å². The van der Waals surface area contributed by atoms with Gasteiger partial charge in [-0.25, -0.2) is 0 Å². The molecule has 2 amide bonds. The summed E-state index contributed by atoms with van der Waals surface area (Å²) in [5.74, 6) is -1.32. The van der Waals surface area contributed by atoms with Gasteiger partial charge in [0.1, 0.15) is 0 Å². The second-order valence-corrected chi connectivity index (χ2v) is 4.28. The molecule has 18 heavy (non-hydrogen) atoms. The molecule has 1 N–H and O–H groups in total. The summed E-state index contributed by atoms with van der Waals surface area (Å²) in [6.07, 6.45) is 0.825. The maximum absolute atomic E-state index is 11.9. The largest absolute Gasteiger partial charge is 0.285 e. The van der Waals surface area contributed by atoms with E-state index < -0.39 is 11.8 Å². The number of amides is 2. The molecule has 1 aliphatic heterocycles. The van der Waals surface area contributed by atoms with Crippen molar-refractivity contribution in [1.82, 2.24) is 5.06 Å². The van der Waals surface area contributed by atoms with E-state index in [0.29, 0.717) is 16.5 Å². The Hall–Kier alpha value is -2.20. The SMILES string of the molecule is CCc1ccc2c3c(cccc13)C(=O)N(O)C2=O. The molecule has 3 rings (SSSR count). The van der Waals surface area contributed by atoms with Crippen LogP contribution in [0.1, 0.15) is 33.2 Å². The lowest BCUT2D eigenvalue weighted by atomic mass is 9.91. The molecule has 0 spiro atoms. The van der Waals surface area contributed by atoms with Gasteiger partial charge >= 0.3 is 0 Å². The average Bonchev–Trinajstić information content (AvgIpc) is 2.41. The average molecular weight is 241 g/mol. The van der Waals surface area contributed by atoms with Gasteiger partial charge in [0.05, 0.1) is 11.1 Å². The molecule has 0 saturated heterocycles. The van der Waals surface area contributed by atoms with E-state index in [-0.39, 0.29) is 5.06 Å². The lowest BCUT2D eigenvalue weighted by molar-refractivity contribution is -0.0377. The molecule has 0 radical (unpaired) electrons. The summed E-state index contributed by atoms with van der Waals surface area (Å²) < 4.78 is 0. The van der Waals surface area contributed by atoms with Gasteiger partial charge in [0.15, 0.2) is 0 Å². The van der Waals surface area contributed by atoms with E-state index in [1.165, 1.54) is 0 Å². The number of hydroxylamine groups is 2. The first-order valence-corrected chi connectivity index (χ1v) is 5.77. The highest BCUT2D eigenvalue weighted by atomic mass is 16.5. The van der Waals surface area contributed by atoms with Gasteiger partial charge in [0.25, 0.3) is 11.8 Å². The highest BCUT2D eigenvalue weighted by Gasteiger charge is 2.32. The van der Waals surface area contributed by atoms with Gasteiger partial charge in [0.2, 0.25) is 0 Å². The molecule has 0 fully saturated rings. The number of hydrogen-bond donors (Lipinski definition) is 1. The second kappa shape index (κ2) is 3.65. The van der Waals surface area contributed by atoms with Gasteiger partial charge in [-0.15, -0.1) is 5.06 Å². The standard InChI is InChI=1S/C14H11NO3/c1-2-8-6-7-11-12-9(8)4-3-5-10(12)13(16)15(18)14(11)17/h3-7,18H,2H2,1H3. The highest BCUT2D eigenvalue weighted by Crippen LogP contribution is 2.31. The minimum atomic E-state index is -0.661. The third-order valence-electron chi connectivity index (χ3n) is 3.36. The molecule has 2 aromatic rings. The summed E-state index contributed by atoms with van der Waals surface area (Å²) in [6, 6.07) is 8.83. The first-order valence-electron chi connectivity index (χ1n) is 5.77. The normalized spacial score (nSPS) is 14.4. The Balaban J connectivity index is 2.49. The van der Waals surface area contributed by atoms with Crippen LogP contribution in [0.15, 0.2) is 30.3 Å². The van der Waals surface area contributed by atoms with Crippen molar-refractivity contribution < 1.29 is 14.8 Å². The lowest BCUT2D eigenvalue weighted by Gasteiger charge is -2.22. The van der Waals surface area contributed by atoms with E-state index in [1.54, 1.807) is 18.2 Å². The van der Waals surface area contributed by atoms with Crippen molar-refractivity contribution in [2.45, 2.75) is 13.3 Å². The van der Waals surface area contributed by atoms with Crippen molar-refractivity contribution in [3.63, 3.8) is 0 Å². The Kier molecular flexibility index (Phi) is 2.21. The van der Waals surface area contributed by atoms with Gasteiger partial charge in [-0.2, -0.15) is 0 Å². The van der Waals surface area contributed by atoms with Crippen LogP contribution in [0.3, 0.4) is 0 Å². The maximum Gasteiger partial charge on any atom is 0.285 e. The predicted molar refractivity (Wildman–Crippen MR) is 65.6 cm³/mol. The maximum atomic E-state index is 11.9. The molecule has 4 heteroatoms. The zero-order valence-corrected chi connectivity index (χ0v) is 9.80. The number of benzene rings is 2. The number of carbonyl (C=O) groups is 2. The summed E-state index contributed by atoms with van der Waals surface area (Å²) in [5, 5.41) is 11.2. The van der Waals surface area contributed by atoms with Gasteiger partial charge in [-0.3, -0.25) is 14.8 Å². The van der Waals surface area contributed by atoms with Gasteiger partial charge < -0.3 is 0 Å². The summed E-state index contributed by atoms with van der Waals surface area (Å²) in [7, 11) is 0. The monoisotopic (exact) mass is 241 g/mol. The van der Waals surface area contributed by atoms with E-state index in [1.807, 2.05) is 19.1 Å². The van der Waals surface area contributed by atoms with E-state index in [0.717, 1.165) is 17.4 Å². The molecule has 0 aromatic heterocycles. The van der Waals surface area contributed by atoms with Crippen molar-refractivity contribution in [2.75, 3.05) is 0 Å². The summed E-state index contributed by atoms with van der Waals surface area (Å²) in [6.45, 7) is 2.02. The number of nitrogens with zero attached hydrogens (tertiary/aromatic N) is 1. The Morgan fingerprint density at radius 3 is 2.39 bits per heavy atom. The van der Waals surface area contributed by atoms with Crippen molar-refractivity contribution in [2.24, 2.45) is 0 Å². The summed E-state index contributed by atoms with van der Waals surface area (Å²) in [5.41, 5.74) is 1.84. The van der Waals surface area contributed by atoms with Gasteiger partial charge in [0, 0.05) is 5.39 Å². The molecular formula is C14H11NO3. The molecule has 0 aliphatic carbocycles. The smallest absolute Gasteiger partial charge is 0.278 e. The minimum absolute atomic E-state index is 0.183. The molecule has 90 valence electrons. The van der Waals surface area contributed by atoms with Crippen LogP contribution in [0.2, 0.25) is 0 Å². The van der Waals surface area contributed by atoms with Crippen LogP contribution in [0, 0.1) is 0 Å². The second-order valence-electron chi connectivity index (χ2n) is 4.28. The fourth-order valence-corrected chi connectivity index (χ4v) is 2.45. The minimum Gasteiger partial charge on any atom is -0.278 e. The summed E-state index contributed by atoms with van der Waals surface area (Å²) in [4.78, 5) is 23.7. The number of rotatable bonds is 1. The first kappa shape index (κ1) is 10.9.